The first-order valence-corrected chi connectivity index (χ1v) is 7.68. The molecule has 0 heterocycles. The van der Waals surface area contributed by atoms with E-state index in [0.717, 1.165) is 18.4 Å². The molecule has 21 heavy (non-hydrogen) atoms. The molecule has 0 unspecified atom stereocenters. The van der Waals surface area contributed by atoms with Crippen LogP contribution in [-0.2, 0) is 9.84 Å². The normalized spacial score (nSPS) is 11.1. The van der Waals surface area contributed by atoms with Gasteiger partial charge in [0.2, 0.25) is 0 Å². The van der Waals surface area contributed by atoms with E-state index in [0.29, 0.717) is 0 Å². The van der Waals surface area contributed by atoms with E-state index in [9.17, 15) is 17.6 Å². The zero-order chi connectivity index (χ0) is 15.6. The summed E-state index contributed by atoms with van der Waals surface area (Å²) in [5.74, 6) is -2.30. The molecule has 0 bridgehead atoms. The van der Waals surface area contributed by atoms with Crippen molar-refractivity contribution in [2.75, 3.05) is 6.26 Å². The Hall–Kier alpha value is -2.41. The number of hydrogen-bond donors (Lipinski definition) is 1. The fourth-order valence-corrected chi connectivity index (χ4v) is 2.50. The molecule has 0 atom stereocenters. The van der Waals surface area contributed by atoms with Crippen molar-refractivity contribution in [3.63, 3.8) is 0 Å². The van der Waals surface area contributed by atoms with Crippen LogP contribution in [0.3, 0.4) is 0 Å². The Morgan fingerprint density at radius 1 is 1.19 bits per heavy atom. The van der Waals surface area contributed by atoms with E-state index in [-0.39, 0.29) is 16.4 Å². The van der Waals surface area contributed by atoms with Gasteiger partial charge in [0.05, 0.1) is 5.56 Å². The number of sulfone groups is 1. The highest BCUT2D eigenvalue weighted by Crippen LogP contribution is 2.29. The maximum atomic E-state index is 13.6. The number of aromatic carboxylic acids is 1. The molecule has 110 valence electrons. The summed E-state index contributed by atoms with van der Waals surface area (Å²) in [5.41, 5.74) is -0.487. The van der Waals surface area contributed by atoms with Crippen LogP contribution in [0, 0.1) is 5.82 Å². The number of carboxylic acids is 1. The second-order valence-corrected chi connectivity index (χ2v) is 6.25. The lowest BCUT2D eigenvalue weighted by atomic mass is 10.2. The Morgan fingerprint density at radius 3 is 2.43 bits per heavy atom. The van der Waals surface area contributed by atoms with Crippen LogP contribution in [0.15, 0.2) is 47.4 Å². The van der Waals surface area contributed by atoms with Crippen molar-refractivity contribution in [1.82, 2.24) is 0 Å². The van der Waals surface area contributed by atoms with Crippen LogP contribution in [0.5, 0.6) is 11.5 Å². The van der Waals surface area contributed by atoms with Gasteiger partial charge >= 0.3 is 5.97 Å². The van der Waals surface area contributed by atoms with Gasteiger partial charge in [-0.25, -0.2) is 17.6 Å². The predicted octanol–water partition coefficient (Wildman–Crippen LogP) is 2.72. The van der Waals surface area contributed by atoms with E-state index < -0.39 is 27.2 Å². The maximum Gasteiger partial charge on any atom is 0.338 e. The van der Waals surface area contributed by atoms with E-state index in [2.05, 4.69) is 0 Å². The second-order valence-electron chi connectivity index (χ2n) is 4.27. The molecule has 0 saturated carbocycles. The molecule has 0 saturated heterocycles. The third kappa shape index (κ3) is 3.38. The number of carbonyl (C=O) groups is 1. The van der Waals surface area contributed by atoms with Gasteiger partial charge in [-0.1, -0.05) is 12.1 Å². The summed E-state index contributed by atoms with van der Waals surface area (Å²) < 4.78 is 42.1. The molecule has 1 N–H and O–H groups in total. The topological polar surface area (TPSA) is 80.7 Å². The number of hydrogen-bond acceptors (Lipinski definition) is 4. The SMILES string of the molecule is CS(=O)(=O)c1ccccc1Oc1ccc(C(=O)O)c(F)c1. The molecule has 0 aliphatic heterocycles. The van der Waals surface area contributed by atoms with Crippen LogP contribution in [0.25, 0.3) is 0 Å². The minimum Gasteiger partial charge on any atom is -0.478 e. The molecule has 5 nitrogen and oxygen atoms in total. The minimum atomic E-state index is -3.50. The smallest absolute Gasteiger partial charge is 0.338 e. The highest BCUT2D eigenvalue weighted by Gasteiger charge is 2.16. The lowest BCUT2D eigenvalue weighted by Gasteiger charge is -2.10. The van der Waals surface area contributed by atoms with Gasteiger partial charge in [0.1, 0.15) is 22.2 Å². The average molecular weight is 310 g/mol. The van der Waals surface area contributed by atoms with E-state index in [1.165, 1.54) is 24.3 Å². The van der Waals surface area contributed by atoms with Crippen LogP contribution in [0.4, 0.5) is 4.39 Å². The second kappa shape index (κ2) is 5.53. The van der Waals surface area contributed by atoms with E-state index in [1.807, 2.05) is 0 Å². The summed E-state index contributed by atoms with van der Waals surface area (Å²) in [5, 5.41) is 8.74. The van der Waals surface area contributed by atoms with Gasteiger partial charge in [-0.05, 0) is 24.3 Å². The first kappa shape index (κ1) is 15.0. The summed E-state index contributed by atoms with van der Waals surface area (Å²) >= 11 is 0. The van der Waals surface area contributed by atoms with Gasteiger partial charge < -0.3 is 9.84 Å². The van der Waals surface area contributed by atoms with Crippen molar-refractivity contribution in [3.8, 4) is 11.5 Å². The van der Waals surface area contributed by atoms with Crippen molar-refractivity contribution in [2.45, 2.75) is 4.90 Å². The van der Waals surface area contributed by atoms with E-state index in [4.69, 9.17) is 9.84 Å². The average Bonchev–Trinajstić information content (AvgIpc) is 2.37. The molecule has 2 aromatic carbocycles. The zero-order valence-electron chi connectivity index (χ0n) is 10.9. The monoisotopic (exact) mass is 310 g/mol. The zero-order valence-corrected chi connectivity index (χ0v) is 11.7. The van der Waals surface area contributed by atoms with Gasteiger partial charge in [0.25, 0.3) is 0 Å². The molecular weight excluding hydrogens is 299 g/mol. The lowest BCUT2D eigenvalue weighted by Crippen LogP contribution is -2.02. The Kier molecular flexibility index (Phi) is 3.95. The maximum absolute atomic E-state index is 13.6. The molecule has 0 aromatic heterocycles. The van der Waals surface area contributed by atoms with Crippen LogP contribution >= 0.6 is 0 Å². The molecule has 7 heteroatoms. The number of para-hydroxylation sites is 1. The van der Waals surface area contributed by atoms with Gasteiger partial charge in [0, 0.05) is 12.3 Å². The van der Waals surface area contributed by atoms with Crippen molar-refractivity contribution < 1.29 is 27.4 Å². The first-order chi connectivity index (χ1) is 9.79. The van der Waals surface area contributed by atoms with Crippen LogP contribution in [0.1, 0.15) is 10.4 Å². The third-order valence-electron chi connectivity index (χ3n) is 2.65. The van der Waals surface area contributed by atoms with Gasteiger partial charge in [-0.2, -0.15) is 0 Å². The number of carboxylic acid groups (broad SMARTS) is 1. The highest BCUT2D eigenvalue weighted by molar-refractivity contribution is 7.90. The Morgan fingerprint density at radius 2 is 1.86 bits per heavy atom. The van der Waals surface area contributed by atoms with Crippen molar-refractivity contribution in [3.05, 3.63) is 53.8 Å². The summed E-state index contributed by atoms with van der Waals surface area (Å²) in [6.45, 7) is 0. The molecule has 2 rings (SSSR count). The number of benzene rings is 2. The highest BCUT2D eigenvalue weighted by atomic mass is 32.2. The summed E-state index contributed by atoms with van der Waals surface area (Å²) in [7, 11) is -3.50. The Bertz CT molecular complexity index is 799. The molecular formula is C14H11FO5S. The number of halogens is 1. The summed E-state index contributed by atoms with van der Waals surface area (Å²) in [4.78, 5) is 10.7. The fourth-order valence-electron chi connectivity index (χ4n) is 1.70. The van der Waals surface area contributed by atoms with Crippen LogP contribution in [-0.4, -0.2) is 25.7 Å². The number of rotatable bonds is 4. The van der Waals surface area contributed by atoms with E-state index in [1.54, 1.807) is 6.07 Å². The lowest BCUT2D eigenvalue weighted by molar-refractivity contribution is 0.0692. The van der Waals surface area contributed by atoms with Crippen LogP contribution < -0.4 is 4.74 Å². The summed E-state index contributed by atoms with van der Waals surface area (Å²) in [6.07, 6.45) is 1.03. The van der Waals surface area contributed by atoms with Gasteiger partial charge in [0.15, 0.2) is 9.84 Å². The van der Waals surface area contributed by atoms with Crippen molar-refractivity contribution in [2.24, 2.45) is 0 Å². The Labute approximate surface area is 120 Å². The molecule has 0 amide bonds. The molecule has 2 aromatic rings. The van der Waals surface area contributed by atoms with Gasteiger partial charge in [-0.15, -0.1) is 0 Å². The molecule has 0 radical (unpaired) electrons. The van der Waals surface area contributed by atoms with Crippen molar-refractivity contribution >= 4 is 15.8 Å². The Balaban J connectivity index is 2.40. The molecule has 0 aliphatic carbocycles. The molecule has 0 spiro atoms. The summed E-state index contributed by atoms with van der Waals surface area (Å²) in [6, 6.07) is 9.11. The van der Waals surface area contributed by atoms with Crippen LogP contribution in [0.2, 0.25) is 0 Å². The third-order valence-corrected chi connectivity index (χ3v) is 3.78. The molecule has 0 aliphatic rings. The van der Waals surface area contributed by atoms with Crippen molar-refractivity contribution in [1.29, 1.82) is 0 Å². The largest absolute Gasteiger partial charge is 0.478 e. The number of ether oxygens (including phenoxy) is 1. The quantitative estimate of drug-likeness (QED) is 0.939. The standard InChI is InChI=1S/C14H11FO5S/c1-21(18,19)13-5-3-2-4-12(13)20-9-6-7-10(14(16)17)11(15)8-9/h2-8H,1H3,(H,16,17). The fraction of sp³-hybridized carbons (Fsp3) is 0.0714. The minimum absolute atomic E-state index is 0.00796. The van der Waals surface area contributed by atoms with E-state index >= 15 is 0 Å². The molecule has 0 fully saturated rings. The van der Waals surface area contributed by atoms with Gasteiger partial charge in [-0.3, -0.25) is 0 Å². The first-order valence-electron chi connectivity index (χ1n) is 5.79. The predicted molar refractivity (Wildman–Crippen MR) is 73.0 cm³/mol.